The number of carbonyl (C=O) groups excluding carboxylic acids is 3. The third-order valence-corrected chi connectivity index (χ3v) is 2.37. The predicted molar refractivity (Wildman–Crippen MR) is 49.5 cm³/mol. The Balaban J connectivity index is 2.75. The van der Waals surface area contributed by atoms with E-state index in [-0.39, 0.29) is 36.7 Å². The molecular weight excluding hydrogens is 184 g/mol. The average Bonchev–Trinajstić information content (AvgIpc) is 2.10. The molecule has 0 radical (unpaired) electrons. The van der Waals surface area contributed by atoms with Crippen LogP contribution in [0.25, 0.3) is 0 Å². The summed E-state index contributed by atoms with van der Waals surface area (Å²) in [6, 6.07) is -0.387. The smallest absolute Gasteiger partial charge is 0.246 e. The summed E-state index contributed by atoms with van der Waals surface area (Å²) < 4.78 is 0. The second-order valence-corrected chi connectivity index (χ2v) is 3.57. The van der Waals surface area contributed by atoms with Crippen LogP contribution in [0.5, 0.6) is 0 Å². The first-order valence-corrected chi connectivity index (χ1v) is 4.47. The lowest BCUT2D eigenvalue weighted by atomic mass is 10.1. The molecule has 0 bridgehead atoms. The lowest BCUT2D eigenvalue weighted by molar-refractivity contribution is -0.153. The standard InChI is InChI=1S/C9H14N2O3/c1-6(12)4-11-5-8(13)10(3)9(14)7(11)2/h7H,4-5H2,1-3H3. The van der Waals surface area contributed by atoms with Crippen LogP contribution >= 0.6 is 0 Å². The number of likely N-dealkylation sites (N-methyl/N-ethyl adjacent to an activating group) is 1. The number of rotatable bonds is 2. The minimum absolute atomic E-state index is 0.0398. The molecule has 0 aromatic rings. The van der Waals surface area contributed by atoms with Crippen molar-refractivity contribution in [2.24, 2.45) is 0 Å². The second-order valence-electron chi connectivity index (χ2n) is 3.57. The summed E-state index contributed by atoms with van der Waals surface area (Å²) in [7, 11) is 1.46. The molecule has 14 heavy (non-hydrogen) atoms. The predicted octanol–water partition coefficient (Wildman–Crippen LogP) is -0.735. The van der Waals surface area contributed by atoms with Crippen molar-refractivity contribution in [2.75, 3.05) is 20.1 Å². The van der Waals surface area contributed by atoms with Crippen molar-refractivity contribution in [3.05, 3.63) is 0 Å². The second kappa shape index (κ2) is 3.88. The largest absolute Gasteiger partial charge is 0.299 e. The van der Waals surface area contributed by atoms with Crippen LogP contribution in [0.1, 0.15) is 13.8 Å². The van der Waals surface area contributed by atoms with Crippen LogP contribution in [0.3, 0.4) is 0 Å². The number of imide groups is 1. The molecule has 0 spiro atoms. The summed E-state index contributed by atoms with van der Waals surface area (Å²) >= 11 is 0. The molecule has 5 heteroatoms. The maximum absolute atomic E-state index is 11.5. The summed E-state index contributed by atoms with van der Waals surface area (Å²) in [5.74, 6) is -0.543. The van der Waals surface area contributed by atoms with E-state index in [0.29, 0.717) is 0 Å². The minimum Gasteiger partial charge on any atom is -0.299 e. The van der Waals surface area contributed by atoms with E-state index in [0.717, 1.165) is 4.90 Å². The van der Waals surface area contributed by atoms with E-state index >= 15 is 0 Å². The number of amides is 2. The van der Waals surface area contributed by atoms with Gasteiger partial charge in [0.1, 0.15) is 5.78 Å². The van der Waals surface area contributed by atoms with E-state index in [1.165, 1.54) is 14.0 Å². The first-order valence-electron chi connectivity index (χ1n) is 4.47. The van der Waals surface area contributed by atoms with Gasteiger partial charge in [0.05, 0.1) is 19.1 Å². The molecule has 0 N–H and O–H groups in total. The Labute approximate surface area is 82.7 Å². The van der Waals surface area contributed by atoms with Crippen molar-refractivity contribution in [3.8, 4) is 0 Å². The van der Waals surface area contributed by atoms with E-state index in [9.17, 15) is 14.4 Å². The molecule has 0 aromatic heterocycles. The van der Waals surface area contributed by atoms with Crippen molar-refractivity contribution < 1.29 is 14.4 Å². The fraction of sp³-hybridized carbons (Fsp3) is 0.667. The zero-order chi connectivity index (χ0) is 10.9. The van der Waals surface area contributed by atoms with Gasteiger partial charge in [0.25, 0.3) is 0 Å². The molecule has 0 aliphatic carbocycles. The van der Waals surface area contributed by atoms with Crippen LogP contribution in [-0.2, 0) is 14.4 Å². The number of carbonyl (C=O) groups is 3. The highest BCUT2D eigenvalue weighted by molar-refractivity contribution is 6.01. The van der Waals surface area contributed by atoms with Crippen LogP contribution in [0.4, 0.5) is 0 Å². The average molecular weight is 198 g/mol. The minimum atomic E-state index is -0.387. The van der Waals surface area contributed by atoms with Crippen LogP contribution in [0, 0.1) is 0 Å². The molecule has 1 atom stereocenters. The van der Waals surface area contributed by atoms with E-state index < -0.39 is 0 Å². The van der Waals surface area contributed by atoms with Gasteiger partial charge in [0.2, 0.25) is 11.8 Å². The lowest BCUT2D eigenvalue weighted by Gasteiger charge is -2.35. The number of nitrogens with zero attached hydrogens (tertiary/aromatic N) is 2. The fourth-order valence-electron chi connectivity index (χ4n) is 1.45. The molecule has 0 saturated carbocycles. The SMILES string of the molecule is CC(=O)CN1CC(=O)N(C)C(=O)C1C. The molecule has 1 aliphatic rings. The van der Waals surface area contributed by atoms with Crippen LogP contribution in [0.2, 0.25) is 0 Å². The third kappa shape index (κ3) is 1.98. The van der Waals surface area contributed by atoms with Gasteiger partial charge in [-0.2, -0.15) is 0 Å². The normalized spacial score (nSPS) is 24.2. The molecule has 1 unspecified atom stereocenters. The molecule has 1 rings (SSSR count). The zero-order valence-electron chi connectivity index (χ0n) is 8.61. The van der Waals surface area contributed by atoms with Crippen LogP contribution in [0.15, 0.2) is 0 Å². The monoisotopic (exact) mass is 198 g/mol. The van der Waals surface area contributed by atoms with Crippen LogP contribution < -0.4 is 0 Å². The highest BCUT2D eigenvalue weighted by atomic mass is 16.2. The lowest BCUT2D eigenvalue weighted by Crippen LogP contribution is -2.58. The Hall–Kier alpha value is -1.23. The third-order valence-electron chi connectivity index (χ3n) is 2.37. The number of hydrogen-bond donors (Lipinski definition) is 0. The van der Waals surface area contributed by atoms with E-state index in [4.69, 9.17) is 0 Å². The van der Waals surface area contributed by atoms with Crippen molar-refractivity contribution in [1.29, 1.82) is 0 Å². The number of hydrogen-bond acceptors (Lipinski definition) is 4. The van der Waals surface area contributed by atoms with Gasteiger partial charge in [-0.1, -0.05) is 0 Å². The van der Waals surface area contributed by atoms with Crippen molar-refractivity contribution in [3.63, 3.8) is 0 Å². The number of ketones is 1. The molecule has 1 fully saturated rings. The Morgan fingerprint density at radius 1 is 1.50 bits per heavy atom. The molecule has 1 aliphatic heterocycles. The van der Waals surface area contributed by atoms with Crippen LogP contribution in [-0.4, -0.2) is 53.6 Å². The Kier molecular flexibility index (Phi) is 3.00. The molecule has 0 aromatic carbocycles. The molecule has 78 valence electrons. The summed E-state index contributed by atoms with van der Waals surface area (Å²) in [5, 5.41) is 0. The maximum atomic E-state index is 11.5. The van der Waals surface area contributed by atoms with Crippen molar-refractivity contribution in [1.82, 2.24) is 9.80 Å². The highest BCUT2D eigenvalue weighted by Gasteiger charge is 2.34. The Bertz CT molecular complexity index is 288. The van der Waals surface area contributed by atoms with Gasteiger partial charge in [-0.3, -0.25) is 24.2 Å². The van der Waals surface area contributed by atoms with Gasteiger partial charge in [-0.05, 0) is 13.8 Å². The molecular formula is C9H14N2O3. The first kappa shape index (κ1) is 10.8. The number of Topliss-reactive ketones (excluding diaryl/α,β-unsaturated/α-hetero) is 1. The molecule has 1 heterocycles. The van der Waals surface area contributed by atoms with E-state index in [2.05, 4.69) is 0 Å². The molecule has 1 saturated heterocycles. The summed E-state index contributed by atoms with van der Waals surface area (Å²) in [5.41, 5.74) is 0. The Morgan fingerprint density at radius 2 is 2.07 bits per heavy atom. The fourth-order valence-corrected chi connectivity index (χ4v) is 1.45. The molecule has 2 amide bonds. The first-order chi connectivity index (χ1) is 6.43. The van der Waals surface area contributed by atoms with Gasteiger partial charge in [-0.25, -0.2) is 0 Å². The van der Waals surface area contributed by atoms with E-state index in [1.54, 1.807) is 11.8 Å². The summed E-state index contributed by atoms with van der Waals surface area (Å²) in [6.45, 7) is 3.45. The molecule has 5 nitrogen and oxygen atoms in total. The topological polar surface area (TPSA) is 57.7 Å². The number of piperazine rings is 1. The van der Waals surface area contributed by atoms with Gasteiger partial charge in [-0.15, -0.1) is 0 Å². The quantitative estimate of drug-likeness (QED) is 0.549. The van der Waals surface area contributed by atoms with Gasteiger partial charge >= 0.3 is 0 Å². The van der Waals surface area contributed by atoms with Crippen molar-refractivity contribution in [2.45, 2.75) is 19.9 Å². The maximum Gasteiger partial charge on any atom is 0.246 e. The van der Waals surface area contributed by atoms with Crippen molar-refractivity contribution >= 4 is 17.6 Å². The van der Waals surface area contributed by atoms with Gasteiger partial charge < -0.3 is 0 Å². The Morgan fingerprint density at radius 3 is 2.57 bits per heavy atom. The summed E-state index contributed by atoms with van der Waals surface area (Å²) in [6.07, 6.45) is 0. The van der Waals surface area contributed by atoms with E-state index in [1.807, 2.05) is 0 Å². The van der Waals surface area contributed by atoms with Gasteiger partial charge in [0, 0.05) is 7.05 Å². The highest BCUT2D eigenvalue weighted by Crippen LogP contribution is 2.09. The zero-order valence-corrected chi connectivity index (χ0v) is 8.61. The van der Waals surface area contributed by atoms with Gasteiger partial charge in [0.15, 0.2) is 0 Å². The summed E-state index contributed by atoms with van der Waals surface area (Å²) in [4.78, 5) is 36.4.